The van der Waals surface area contributed by atoms with Crippen molar-refractivity contribution in [1.29, 1.82) is 0 Å². The zero-order valence-electron chi connectivity index (χ0n) is 13.9. The van der Waals surface area contributed by atoms with Crippen LogP contribution in [0.25, 0.3) is 11.3 Å². The number of hydrogen-bond donors (Lipinski definition) is 2. The van der Waals surface area contributed by atoms with Gasteiger partial charge in [-0.05, 0) is 43.7 Å². The molecule has 26 heavy (non-hydrogen) atoms. The number of aromatic hydroxyl groups is 1. The number of para-hydroxylation sites is 1. The van der Waals surface area contributed by atoms with Crippen molar-refractivity contribution >= 4 is 17.4 Å². The first-order chi connectivity index (χ1) is 11.9. The topological polar surface area (TPSA) is 100 Å². The van der Waals surface area contributed by atoms with Crippen LogP contribution in [0.3, 0.4) is 0 Å². The van der Waals surface area contributed by atoms with Gasteiger partial charge in [-0.2, -0.15) is 0 Å². The molecule has 2 aliphatic rings. The third kappa shape index (κ3) is 3.53. The third-order valence-corrected chi connectivity index (χ3v) is 3.88. The number of aryl methyl sites for hydroxylation is 1. The molecule has 1 aliphatic heterocycles. The molecular weight excluding hydrogens is 381 g/mol. The van der Waals surface area contributed by atoms with Gasteiger partial charge in [-0.3, -0.25) is 9.79 Å². The number of fused-ring (bicyclic) bond motifs is 1. The van der Waals surface area contributed by atoms with E-state index in [1.54, 1.807) is 38.1 Å². The molecule has 0 saturated heterocycles. The second kappa shape index (κ2) is 7.55. The van der Waals surface area contributed by atoms with Crippen LogP contribution in [0.5, 0.6) is 5.95 Å². The van der Waals surface area contributed by atoms with Crippen molar-refractivity contribution < 1.29 is 36.2 Å². The number of carboxylic acids is 1. The quantitative estimate of drug-likeness (QED) is 0.659. The Bertz CT molecular complexity index is 1040. The summed E-state index contributed by atoms with van der Waals surface area (Å²) in [5.74, 6) is -1.19. The van der Waals surface area contributed by atoms with Crippen LogP contribution in [0.1, 0.15) is 28.4 Å². The molecule has 2 N–H and O–H groups in total. The van der Waals surface area contributed by atoms with Gasteiger partial charge in [-0.15, -0.1) is 0 Å². The van der Waals surface area contributed by atoms with Gasteiger partial charge < -0.3 is 14.6 Å². The number of hydrogen-bond acceptors (Lipinski definition) is 5. The van der Waals surface area contributed by atoms with E-state index in [9.17, 15) is 19.8 Å². The van der Waals surface area contributed by atoms with E-state index in [1.807, 2.05) is 0 Å². The number of aliphatic imine (C=N–C) groups is 1. The number of aromatic carboxylic acids is 1. The molecule has 0 aromatic heterocycles. The number of benzene rings is 2. The number of rotatable bonds is 3. The van der Waals surface area contributed by atoms with Crippen molar-refractivity contribution in [2.75, 3.05) is 0 Å². The van der Waals surface area contributed by atoms with E-state index in [4.69, 9.17) is 4.42 Å². The molecular formula is C19H15CoNO5. The standard InChI is InChI=1S/C19H15NO5.Co/c1-10-9-16(22)25-18-12(10)7-8-15(21)17(18)11(2)20-14-6-4-3-5-13(14)19(23)24;/h3-9,22H,1-2H3,(H,23,24);. The molecule has 0 unspecified atom stereocenters. The zero-order valence-corrected chi connectivity index (χ0v) is 15.0. The Kier molecular flexibility index (Phi) is 5.64. The summed E-state index contributed by atoms with van der Waals surface area (Å²) < 4.78 is 5.35. The minimum absolute atomic E-state index is 0. The summed E-state index contributed by atoms with van der Waals surface area (Å²) in [5.41, 5.74) is 1.86. The van der Waals surface area contributed by atoms with Gasteiger partial charge in [0.25, 0.3) is 5.95 Å². The molecule has 3 rings (SSSR count). The van der Waals surface area contributed by atoms with Gasteiger partial charge in [0.05, 0.1) is 22.5 Å². The Morgan fingerprint density at radius 2 is 1.85 bits per heavy atom. The summed E-state index contributed by atoms with van der Waals surface area (Å²) in [5, 5.41) is 19.0. The Balaban J connectivity index is 0.00000243. The molecule has 1 aliphatic carbocycles. The van der Waals surface area contributed by atoms with Crippen LogP contribution in [0.2, 0.25) is 0 Å². The molecule has 7 heteroatoms. The van der Waals surface area contributed by atoms with Crippen molar-refractivity contribution in [3.05, 3.63) is 69.4 Å². The normalized spacial score (nSPS) is 11.2. The van der Waals surface area contributed by atoms with E-state index in [2.05, 4.69) is 4.99 Å². The fourth-order valence-corrected chi connectivity index (χ4v) is 2.71. The van der Waals surface area contributed by atoms with E-state index < -0.39 is 5.97 Å². The molecule has 0 spiro atoms. The second-order valence-electron chi connectivity index (χ2n) is 5.60. The van der Waals surface area contributed by atoms with Crippen molar-refractivity contribution in [1.82, 2.24) is 0 Å². The molecule has 1 aromatic rings. The number of carboxylic acid groups (broad SMARTS) is 1. The van der Waals surface area contributed by atoms with Crippen molar-refractivity contribution in [3.63, 3.8) is 0 Å². The summed E-state index contributed by atoms with van der Waals surface area (Å²) >= 11 is 0. The second-order valence-corrected chi connectivity index (χ2v) is 5.60. The molecule has 135 valence electrons. The largest absolute Gasteiger partial charge is 0.481 e. The van der Waals surface area contributed by atoms with Gasteiger partial charge in [0.1, 0.15) is 0 Å². The van der Waals surface area contributed by atoms with Gasteiger partial charge in [0.2, 0.25) is 0 Å². The van der Waals surface area contributed by atoms with Crippen LogP contribution in [-0.4, -0.2) is 21.9 Å². The average molecular weight is 396 g/mol. The van der Waals surface area contributed by atoms with Gasteiger partial charge in [0.15, 0.2) is 11.2 Å². The van der Waals surface area contributed by atoms with Gasteiger partial charge in [0, 0.05) is 28.4 Å². The summed E-state index contributed by atoms with van der Waals surface area (Å²) in [6, 6.07) is 10.8. The predicted molar refractivity (Wildman–Crippen MR) is 93.3 cm³/mol. The van der Waals surface area contributed by atoms with Crippen LogP contribution in [-0.2, 0) is 16.8 Å². The van der Waals surface area contributed by atoms with Crippen molar-refractivity contribution in [3.8, 4) is 17.3 Å². The number of carbonyl (C=O) groups is 1. The Hall–Kier alpha value is -2.90. The van der Waals surface area contributed by atoms with Crippen molar-refractivity contribution in [2.45, 2.75) is 13.8 Å². The maximum Gasteiger partial charge on any atom is 0.337 e. The molecule has 0 saturated carbocycles. The minimum atomic E-state index is -1.11. The van der Waals surface area contributed by atoms with E-state index in [0.717, 1.165) is 5.56 Å². The first-order valence-corrected chi connectivity index (χ1v) is 7.53. The van der Waals surface area contributed by atoms with E-state index >= 15 is 0 Å². The van der Waals surface area contributed by atoms with E-state index in [1.165, 1.54) is 18.2 Å². The van der Waals surface area contributed by atoms with Crippen LogP contribution in [0, 0.1) is 6.92 Å². The Labute approximate surface area is 159 Å². The van der Waals surface area contributed by atoms with Crippen LogP contribution in [0.4, 0.5) is 5.69 Å². The summed E-state index contributed by atoms with van der Waals surface area (Å²) in [6.07, 6.45) is 0. The fourth-order valence-electron chi connectivity index (χ4n) is 2.71. The van der Waals surface area contributed by atoms with E-state index in [0.29, 0.717) is 11.3 Å². The molecule has 0 bridgehead atoms. The maximum atomic E-state index is 12.4. The van der Waals surface area contributed by atoms with Gasteiger partial charge in [-0.1, -0.05) is 12.1 Å². The predicted octanol–water partition coefficient (Wildman–Crippen LogP) is 3.60. The van der Waals surface area contributed by atoms with Crippen LogP contribution >= 0.6 is 0 Å². The molecule has 1 aromatic carbocycles. The summed E-state index contributed by atoms with van der Waals surface area (Å²) in [4.78, 5) is 28.0. The van der Waals surface area contributed by atoms with Gasteiger partial charge in [-0.25, -0.2) is 4.79 Å². The molecule has 0 atom stereocenters. The first-order valence-electron chi connectivity index (χ1n) is 7.53. The zero-order chi connectivity index (χ0) is 18.1. The Morgan fingerprint density at radius 3 is 2.54 bits per heavy atom. The maximum absolute atomic E-state index is 12.4. The molecule has 0 fully saturated rings. The fraction of sp³-hybridized carbons (Fsp3) is 0.105. The van der Waals surface area contributed by atoms with Crippen LogP contribution < -0.4 is 5.43 Å². The molecule has 1 heterocycles. The SMILES string of the molecule is CC(=Nc1ccccc1C(=O)O)c1c2oc(O)cc(C)c-2ccc1=O.[Co]. The van der Waals surface area contributed by atoms with Crippen molar-refractivity contribution in [2.24, 2.45) is 4.99 Å². The van der Waals surface area contributed by atoms with Crippen LogP contribution in [0.15, 0.2) is 56.7 Å². The molecule has 6 nitrogen and oxygen atoms in total. The van der Waals surface area contributed by atoms with E-state index in [-0.39, 0.29) is 50.7 Å². The summed E-state index contributed by atoms with van der Waals surface area (Å²) in [7, 11) is 0. The van der Waals surface area contributed by atoms with Gasteiger partial charge >= 0.3 is 5.97 Å². The molecule has 0 amide bonds. The molecule has 1 radical (unpaired) electrons. The minimum Gasteiger partial charge on any atom is -0.481 e. The summed E-state index contributed by atoms with van der Waals surface area (Å²) in [6.45, 7) is 3.39. The monoisotopic (exact) mass is 396 g/mol. The smallest absolute Gasteiger partial charge is 0.337 e. The first kappa shape index (κ1) is 19.4. The average Bonchev–Trinajstić information content (AvgIpc) is 2.54. The third-order valence-electron chi connectivity index (χ3n) is 3.88. The Morgan fingerprint density at radius 1 is 1.15 bits per heavy atom. The number of nitrogens with zero attached hydrogens (tertiary/aromatic N) is 1.